The average molecular weight is 537 g/mol. The standard InChI is InChI=1S/C32H41F5O/c1-2-3-4-23-7-13-26(14-8-23)27-15-9-24(10-16-27)5-6-25-11-17-29(18-12-25)32(36,37)38-30-21-19-28(20-22-30)31(33,34)35/h11-12,17-24,26-27H,2-10,13-16H2,1H3/t23-,24?,26-,27?. The molecule has 0 N–H and O–H groups in total. The van der Waals surface area contributed by atoms with Gasteiger partial charge in [0.1, 0.15) is 5.75 Å². The molecule has 0 radical (unpaired) electrons. The van der Waals surface area contributed by atoms with Gasteiger partial charge in [0.15, 0.2) is 0 Å². The first kappa shape index (κ1) is 28.9. The van der Waals surface area contributed by atoms with E-state index >= 15 is 0 Å². The summed E-state index contributed by atoms with van der Waals surface area (Å²) in [6.07, 6.45) is 8.80. The van der Waals surface area contributed by atoms with E-state index in [9.17, 15) is 22.0 Å². The normalized spacial score (nSPS) is 24.8. The lowest BCUT2D eigenvalue weighted by Gasteiger charge is -2.38. The fourth-order valence-corrected chi connectivity index (χ4v) is 6.54. The third-order valence-corrected chi connectivity index (χ3v) is 8.97. The smallest absolute Gasteiger partial charge is 0.426 e. The van der Waals surface area contributed by atoms with Crippen LogP contribution in [0.3, 0.4) is 0 Å². The summed E-state index contributed by atoms with van der Waals surface area (Å²) in [5.74, 6) is 3.17. The van der Waals surface area contributed by atoms with Gasteiger partial charge in [-0.1, -0.05) is 64.0 Å². The van der Waals surface area contributed by atoms with Gasteiger partial charge in [0.2, 0.25) is 0 Å². The van der Waals surface area contributed by atoms with Crippen molar-refractivity contribution in [2.24, 2.45) is 23.7 Å². The van der Waals surface area contributed by atoms with Crippen molar-refractivity contribution in [1.82, 2.24) is 0 Å². The molecule has 2 saturated carbocycles. The van der Waals surface area contributed by atoms with Gasteiger partial charge in [-0.05, 0) is 104 Å². The number of ether oxygens (including phenoxy) is 1. The van der Waals surface area contributed by atoms with Crippen molar-refractivity contribution < 1.29 is 26.7 Å². The molecule has 2 aliphatic carbocycles. The predicted molar refractivity (Wildman–Crippen MR) is 141 cm³/mol. The zero-order valence-corrected chi connectivity index (χ0v) is 22.4. The summed E-state index contributed by atoms with van der Waals surface area (Å²) in [6, 6.07) is 9.43. The Labute approximate surface area is 224 Å². The third kappa shape index (κ3) is 7.95. The minimum absolute atomic E-state index is 0.313. The number of unbranched alkanes of at least 4 members (excludes halogenated alkanes) is 1. The van der Waals surface area contributed by atoms with E-state index in [-0.39, 0.29) is 11.3 Å². The predicted octanol–water partition coefficient (Wildman–Crippen LogP) is 10.6. The number of hydrogen-bond donors (Lipinski definition) is 0. The second-order valence-electron chi connectivity index (χ2n) is 11.6. The third-order valence-electron chi connectivity index (χ3n) is 8.97. The van der Waals surface area contributed by atoms with E-state index in [4.69, 9.17) is 4.74 Å². The number of aryl methyl sites for hydroxylation is 1. The Balaban J connectivity index is 1.20. The zero-order chi connectivity index (χ0) is 27.2. The molecule has 6 heteroatoms. The molecule has 0 bridgehead atoms. The van der Waals surface area contributed by atoms with Crippen LogP contribution in [-0.2, 0) is 18.7 Å². The van der Waals surface area contributed by atoms with E-state index in [0.717, 1.165) is 60.4 Å². The van der Waals surface area contributed by atoms with Crippen molar-refractivity contribution in [3.63, 3.8) is 0 Å². The molecule has 0 aromatic heterocycles. The summed E-state index contributed by atoms with van der Waals surface area (Å²) in [4.78, 5) is 0. The first-order chi connectivity index (χ1) is 18.1. The Hall–Kier alpha value is -2.11. The molecular weight excluding hydrogens is 495 g/mol. The van der Waals surface area contributed by atoms with Crippen molar-refractivity contribution in [3.8, 4) is 5.75 Å². The lowest BCUT2D eigenvalue weighted by Crippen LogP contribution is -2.26. The van der Waals surface area contributed by atoms with Crippen molar-refractivity contribution in [3.05, 3.63) is 65.2 Å². The minimum atomic E-state index is -4.52. The Bertz CT molecular complexity index is 966. The van der Waals surface area contributed by atoms with E-state index in [0.29, 0.717) is 5.92 Å². The first-order valence-corrected chi connectivity index (χ1v) is 14.5. The molecule has 1 nitrogen and oxygen atoms in total. The van der Waals surface area contributed by atoms with Crippen LogP contribution in [0.2, 0.25) is 0 Å². The highest BCUT2D eigenvalue weighted by molar-refractivity contribution is 5.31. The van der Waals surface area contributed by atoms with Gasteiger partial charge in [-0.25, -0.2) is 0 Å². The number of halogens is 5. The molecule has 0 atom stereocenters. The zero-order valence-electron chi connectivity index (χ0n) is 22.4. The monoisotopic (exact) mass is 536 g/mol. The van der Waals surface area contributed by atoms with Crippen molar-refractivity contribution >= 4 is 0 Å². The van der Waals surface area contributed by atoms with Crippen molar-refractivity contribution in [2.45, 2.75) is 103 Å². The molecule has 2 aliphatic rings. The van der Waals surface area contributed by atoms with E-state index in [1.165, 1.54) is 82.8 Å². The summed E-state index contributed by atoms with van der Waals surface area (Å²) in [6.45, 7) is 2.28. The second-order valence-corrected chi connectivity index (χ2v) is 11.6. The van der Waals surface area contributed by atoms with Crippen LogP contribution < -0.4 is 4.74 Å². The molecule has 4 rings (SSSR count). The van der Waals surface area contributed by atoms with Gasteiger partial charge in [0, 0.05) is 0 Å². The lowest BCUT2D eigenvalue weighted by atomic mass is 9.68. The van der Waals surface area contributed by atoms with Crippen LogP contribution in [0.4, 0.5) is 22.0 Å². The highest BCUT2D eigenvalue weighted by Gasteiger charge is 2.36. The molecule has 0 saturated heterocycles. The van der Waals surface area contributed by atoms with Gasteiger partial charge in [-0.3, -0.25) is 0 Å². The molecule has 38 heavy (non-hydrogen) atoms. The SMILES string of the molecule is CCCC[C@H]1CC[C@H](C2CCC(CCc3ccc(C(F)(F)Oc4ccc(C(F)(F)F)cc4)cc3)CC2)CC1. The Morgan fingerprint density at radius 1 is 0.658 bits per heavy atom. The van der Waals surface area contributed by atoms with Gasteiger partial charge < -0.3 is 4.74 Å². The fraction of sp³-hybridized carbons (Fsp3) is 0.625. The Kier molecular flexibility index (Phi) is 9.75. The number of hydrogen-bond acceptors (Lipinski definition) is 1. The summed E-state index contributed by atoms with van der Waals surface area (Å²) < 4.78 is 72.0. The van der Waals surface area contributed by atoms with Crippen LogP contribution in [-0.4, -0.2) is 0 Å². The molecule has 2 aromatic carbocycles. The van der Waals surface area contributed by atoms with Crippen LogP contribution in [0.25, 0.3) is 0 Å². The Morgan fingerprint density at radius 3 is 1.66 bits per heavy atom. The van der Waals surface area contributed by atoms with Crippen LogP contribution in [0.1, 0.15) is 101 Å². The largest absolute Gasteiger partial charge is 0.429 e. The van der Waals surface area contributed by atoms with Crippen LogP contribution in [0, 0.1) is 23.7 Å². The van der Waals surface area contributed by atoms with Gasteiger partial charge in [-0.2, -0.15) is 22.0 Å². The summed E-state index contributed by atoms with van der Waals surface area (Å²) in [5, 5.41) is 0. The molecule has 2 fully saturated rings. The van der Waals surface area contributed by atoms with Gasteiger partial charge >= 0.3 is 12.3 Å². The molecule has 210 valence electrons. The summed E-state index contributed by atoms with van der Waals surface area (Å²) in [7, 11) is 0. The molecule has 0 aliphatic heterocycles. The first-order valence-electron chi connectivity index (χ1n) is 14.5. The number of benzene rings is 2. The highest BCUT2D eigenvalue weighted by Crippen LogP contribution is 2.43. The molecule has 2 aromatic rings. The maximum atomic E-state index is 14.6. The van der Waals surface area contributed by atoms with Crippen LogP contribution in [0.5, 0.6) is 5.75 Å². The van der Waals surface area contributed by atoms with Crippen molar-refractivity contribution in [2.75, 3.05) is 0 Å². The fourth-order valence-electron chi connectivity index (χ4n) is 6.54. The molecule has 0 heterocycles. The van der Waals surface area contributed by atoms with Gasteiger partial charge in [0.05, 0.1) is 11.1 Å². The molecule has 0 spiro atoms. The quantitative estimate of drug-likeness (QED) is 0.274. The van der Waals surface area contributed by atoms with E-state index in [1.807, 2.05) is 0 Å². The maximum absolute atomic E-state index is 14.6. The summed E-state index contributed by atoms with van der Waals surface area (Å²) in [5.41, 5.74) is -0.200. The molecule has 0 unspecified atom stereocenters. The van der Waals surface area contributed by atoms with E-state index in [1.54, 1.807) is 12.1 Å². The Morgan fingerprint density at radius 2 is 1.16 bits per heavy atom. The van der Waals surface area contributed by atoms with Gasteiger partial charge in [-0.15, -0.1) is 0 Å². The second kappa shape index (κ2) is 12.8. The minimum Gasteiger partial charge on any atom is -0.429 e. The lowest BCUT2D eigenvalue weighted by molar-refractivity contribution is -0.185. The van der Waals surface area contributed by atoms with Crippen LogP contribution >= 0.6 is 0 Å². The number of alkyl halides is 5. The summed E-state index contributed by atoms with van der Waals surface area (Å²) >= 11 is 0. The van der Waals surface area contributed by atoms with Crippen LogP contribution in [0.15, 0.2) is 48.5 Å². The van der Waals surface area contributed by atoms with E-state index in [2.05, 4.69) is 6.92 Å². The van der Waals surface area contributed by atoms with E-state index < -0.39 is 17.8 Å². The number of rotatable bonds is 10. The molecular formula is C32H41F5O. The van der Waals surface area contributed by atoms with Gasteiger partial charge in [0.25, 0.3) is 0 Å². The van der Waals surface area contributed by atoms with Crippen molar-refractivity contribution in [1.29, 1.82) is 0 Å². The average Bonchev–Trinajstić information content (AvgIpc) is 2.91. The topological polar surface area (TPSA) is 9.23 Å². The maximum Gasteiger partial charge on any atom is 0.426 e. The highest BCUT2D eigenvalue weighted by atomic mass is 19.4. The molecule has 0 amide bonds.